The Morgan fingerprint density at radius 3 is 2.70 bits per heavy atom. The highest BCUT2D eigenvalue weighted by Gasteiger charge is 2.25. The van der Waals surface area contributed by atoms with E-state index in [1.165, 1.54) is 12.5 Å². The number of amides is 1. The lowest BCUT2D eigenvalue weighted by atomic mass is 9.84. The monoisotopic (exact) mass is 274 g/mol. The van der Waals surface area contributed by atoms with Gasteiger partial charge in [-0.3, -0.25) is 4.79 Å². The highest BCUT2D eigenvalue weighted by Crippen LogP contribution is 2.26. The maximum Gasteiger partial charge on any atom is 0.252 e. The van der Waals surface area contributed by atoms with Crippen LogP contribution in [-0.2, 0) is 0 Å². The summed E-state index contributed by atoms with van der Waals surface area (Å²) in [6, 6.07) is 6.08. The van der Waals surface area contributed by atoms with E-state index in [-0.39, 0.29) is 17.4 Å². The number of carbonyl (C=O) groups is 1. The summed E-state index contributed by atoms with van der Waals surface area (Å²) in [7, 11) is 0. The van der Waals surface area contributed by atoms with Crippen LogP contribution in [-0.4, -0.2) is 11.9 Å². The van der Waals surface area contributed by atoms with Gasteiger partial charge in [-0.2, -0.15) is 5.26 Å². The van der Waals surface area contributed by atoms with E-state index in [1.54, 1.807) is 19.1 Å². The Hall–Kier alpha value is -1.89. The lowest BCUT2D eigenvalue weighted by Crippen LogP contribution is -2.40. The molecular weight excluding hydrogens is 255 g/mol. The molecule has 1 amide bonds. The Balaban J connectivity index is 2.05. The van der Waals surface area contributed by atoms with E-state index in [0.29, 0.717) is 5.56 Å². The molecule has 0 aromatic heterocycles. The second kappa shape index (κ2) is 6.51. The van der Waals surface area contributed by atoms with Gasteiger partial charge in [0.05, 0.1) is 6.07 Å². The van der Waals surface area contributed by atoms with Crippen LogP contribution < -0.4 is 5.32 Å². The average molecular weight is 274 g/mol. The normalized spacial score (nSPS) is 17.2. The smallest absolute Gasteiger partial charge is 0.252 e. The number of benzene rings is 1. The van der Waals surface area contributed by atoms with Gasteiger partial charge >= 0.3 is 0 Å². The third-order valence-electron chi connectivity index (χ3n) is 3.98. The molecule has 0 radical (unpaired) electrons. The predicted molar refractivity (Wildman–Crippen MR) is 74.6 cm³/mol. The molecule has 0 bridgehead atoms. The Morgan fingerprint density at radius 1 is 1.40 bits per heavy atom. The molecular formula is C16H19FN2O. The summed E-state index contributed by atoms with van der Waals surface area (Å²) in [6.45, 7) is 1.65. The van der Waals surface area contributed by atoms with Crippen molar-refractivity contribution >= 4 is 5.91 Å². The van der Waals surface area contributed by atoms with Crippen molar-refractivity contribution in [3.05, 3.63) is 35.1 Å². The van der Waals surface area contributed by atoms with E-state index in [9.17, 15) is 14.4 Å². The van der Waals surface area contributed by atoms with Crippen LogP contribution in [0.4, 0.5) is 4.39 Å². The van der Waals surface area contributed by atoms with Crippen molar-refractivity contribution in [2.24, 2.45) is 5.92 Å². The molecule has 0 heterocycles. The first-order valence-corrected chi connectivity index (χ1v) is 7.08. The van der Waals surface area contributed by atoms with Gasteiger partial charge < -0.3 is 5.32 Å². The van der Waals surface area contributed by atoms with Crippen LogP contribution in [0, 0.1) is 30.0 Å². The minimum absolute atomic E-state index is 0.216. The van der Waals surface area contributed by atoms with Gasteiger partial charge in [-0.25, -0.2) is 4.39 Å². The fourth-order valence-corrected chi connectivity index (χ4v) is 2.68. The van der Waals surface area contributed by atoms with Gasteiger partial charge in [0.15, 0.2) is 0 Å². The first-order valence-electron chi connectivity index (χ1n) is 7.08. The quantitative estimate of drug-likeness (QED) is 0.919. The first-order chi connectivity index (χ1) is 9.61. The van der Waals surface area contributed by atoms with E-state index < -0.39 is 11.9 Å². The first kappa shape index (κ1) is 14.5. The van der Waals surface area contributed by atoms with E-state index in [2.05, 4.69) is 11.4 Å². The summed E-state index contributed by atoms with van der Waals surface area (Å²) in [5.41, 5.74) is 0.773. The lowest BCUT2D eigenvalue weighted by Gasteiger charge is -2.26. The number of hydrogen-bond acceptors (Lipinski definition) is 2. The molecule has 1 atom stereocenters. The molecule has 106 valence electrons. The van der Waals surface area contributed by atoms with Crippen LogP contribution in [0.3, 0.4) is 0 Å². The Labute approximate surface area is 118 Å². The average Bonchev–Trinajstić information content (AvgIpc) is 2.48. The fraction of sp³-hybridized carbons (Fsp3) is 0.500. The van der Waals surface area contributed by atoms with Crippen molar-refractivity contribution in [1.29, 1.82) is 5.26 Å². The third-order valence-corrected chi connectivity index (χ3v) is 3.98. The van der Waals surface area contributed by atoms with E-state index in [1.807, 2.05) is 0 Å². The SMILES string of the molecule is Cc1ccc(C(=O)NC(C#N)C2CCCCC2)cc1F. The van der Waals surface area contributed by atoms with Gasteiger partial charge in [0.2, 0.25) is 0 Å². The highest BCUT2D eigenvalue weighted by atomic mass is 19.1. The number of aryl methyl sites for hydroxylation is 1. The summed E-state index contributed by atoms with van der Waals surface area (Å²) in [5, 5.41) is 12.0. The van der Waals surface area contributed by atoms with Crippen molar-refractivity contribution in [1.82, 2.24) is 5.32 Å². The van der Waals surface area contributed by atoms with E-state index >= 15 is 0 Å². The summed E-state index contributed by atoms with van der Waals surface area (Å²) in [5.74, 6) is -0.558. The lowest BCUT2D eigenvalue weighted by molar-refractivity contribution is 0.0928. The minimum atomic E-state index is -0.479. The Morgan fingerprint density at radius 2 is 2.10 bits per heavy atom. The molecule has 4 heteroatoms. The molecule has 1 aromatic rings. The molecule has 20 heavy (non-hydrogen) atoms. The van der Waals surface area contributed by atoms with Crippen molar-refractivity contribution in [3.63, 3.8) is 0 Å². The molecule has 2 rings (SSSR count). The summed E-state index contributed by atoms with van der Waals surface area (Å²) in [6.07, 6.45) is 5.36. The van der Waals surface area contributed by atoms with Gasteiger partial charge in [-0.1, -0.05) is 25.3 Å². The third kappa shape index (κ3) is 3.36. The zero-order valence-electron chi connectivity index (χ0n) is 11.7. The predicted octanol–water partition coefficient (Wildman–Crippen LogP) is 3.34. The topological polar surface area (TPSA) is 52.9 Å². The molecule has 0 spiro atoms. The van der Waals surface area contributed by atoms with Crippen LogP contribution in [0.25, 0.3) is 0 Å². The minimum Gasteiger partial charge on any atom is -0.336 e. The molecule has 1 aliphatic rings. The summed E-state index contributed by atoms with van der Waals surface area (Å²) >= 11 is 0. The maximum atomic E-state index is 13.5. The zero-order chi connectivity index (χ0) is 14.5. The fourth-order valence-electron chi connectivity index (χ4n) is 2.68. The number of rotatable bonds is 3. The Bertz CT molecular complexity index is 530. The van der Waals surface area contributed by atoms with Crippen LogP contribution in [0.15, 0.2) is 18.2 Å². The van der Waals surface area contributed by atoms with Crippen molar-refractivity contribution < 1.29 is 9.18 Å². The van der Waals surface area contributed by atoms with Gasteiger partial charge in [-0.05, 0) is 43.4 Å². The molecule has 1 unspecified atom stereocenters. The molecule has 1 saturated carbocycles. The van der Waals surface area contributed by atoms with E-state index in [0.717, 1.165) is 25.7 Å². The number of nitrogens with zero attached hydrogens (tertiary/aromatic N) is 1. The Kier molecular flexibility index (Phi) is 4.73. The van der Waals surface area contributed by atoms with Gasteiger partial charge in [0, 0.05) is 5.56 Å². The van der Waals surface area contributed by atoms with Crippen molar-refractivity contribution in [2.45, 2.75) is 45.1 Å². The number of carbonyl (C=O) groups excluding carboxylic acids is 1. The number of halogens is 1. The van der Waals surface area contributed by atoms with Gasteiger partial charge in [0.1, 0.15) is 11.9 Å². The number of nitriles is 1. The van der Waals surface area contributed by atoms with Crippen LogP contribution in [0.1, 0.15) is 48.0 Å². The van der Waals surface area contributed by atoms with Crippen LogP contribution >= 0.6 is 0 Å². The van der Waals surface area contributed by atoms with Crippen molar-refractivity contribution in [3.8, 4) is 6.07 Å². The largest absolute Gasteiger partial charge is 0.336 e. The van der Waals surface area contributed by atoms with Crippen LogP contribution in [0.2, 0.25) is 0 Å². The molecule has 3 nitrogen and oxygen atoms in total. The summed E-state index contributed by atoms with van der Waals surface area (Å²) in [4.78, 5) is 12.1. The van der Waals surface area contributed by atoms with E-state index in [4.69, 9.17) is 0 Å². The molecule has 1 N–H and O–H groups in total. The van der Waals surface area contributed by atoms with Gasteiger partial charge in [-0.15, -0.1) is 0 Å². The second-order valence-corrected chi connectivity index (χ2v) is 5.44. The maximum absolute atomic E-state index is 13.5. The molecule has 1 aliphatic carbocycles. The number of nitrogens with one attached hydrogen (secondary N) is 1. The van der Waals surface area contributed by atoms with Crippen molar-refractivity contribution in [2.75, 3.05) is 0 Å². The molecule has 1 fully saturated rings. The number of hydrogen-bond donors (Lipinski definition) is 1. The standard InChI is InChI=1S/C16H19FN2O/c1-11-7-8-13(9-14(11)17)16(20)19-15(10-18)12-5-3-2-4-6-12/h7-9,12,15H,2-6H2,1H3,(H,19,20). The second-order valence-electron chi connectivity index (χ2n) is 5.44. The van der Waals surface area contributed by atoms with Crippen LogP contribution in [0.5, 0.6) is 0 Å². The summed E-state index contributed by atoms with van der Waals surface area (Å²) < 4.78 is 13.5. The molecule has 0 aliphatic heterocycles. The molecule has 0 saturated heterocycles. The highest BCUT2D eigenvalue weighted by molar-refractivity contribution is 5.94. The van der Waals surface area contributed by atoms with Gasteiger partial charge in [0.25, 0.3) is 5.91 Å². The zero-order valence-corrected chi connectivity index (χ0v) is 11.7. The molecule has 1 aromatic carbocycles.